The van der Waals surface area contributed by atoms with Gasteiger partial charge < -0.3 is 5.73 Å². The Morgan fingerprint density at radius 2 is 1.89 bits per heavy atom. The lowest BCUT2D eigenvalue weighted by molar-refractivity contribution is 0.236. The van der Waals surface area contributed by atoms with Gasteiger partial charge in [-0.2, -0.15) is 0 Å². The third-order valence-electron chi connectivity index (χ3n) is 3.60. The van der Waals surface area contributed by atoms with Crippen LogP contribution >= 0.6 is 11.8 Å². The van der Waals surface area contributed by atoms with Gasteiger partial charge in [-0.1, -0.05) is 19.1 Å². The summed E-state index contributed by atoms with van der Waals surface area (Å²) in [6.07, 6.45) is 3.75. The molecular formula is C15H24N2S. The molecule has 0 saturated carbocycles. The minimum absolute atomic E-state index is 0.526. The molecule has 0 aliphatic carbocycles. The molecule has 0 amide bonds. The lowest BCUT2D eigenvalue weighted by Crippen LogP contribution is -2.27. The van der Waals surface area contributed by atoms with Crippen LogP contribution in [0.25, 0.3) is 0 Å². The number of hydrogen-bond acceptors (Lipinski definition) is 3. The summed E-state index contributed by atoms with van der Waals surface area (Å²) in [5, 5.41) is 0. The summed E-state index contributed by atoms with van der Waals surface area (Å²) in [6.45, 7) is 5.43. The highest BCUT2D eigenvalue weighted by Gasteiger charge is 2.22. The molecule has 1 atom stereocenters. The smallest absolute Gasteiger partial charge is 0.0360 e. The van der Waals surface area contributed by atoms with E-state index in [2.05, 4.69) is 36.1 Å². The van der Waals surface area contributed by atoms with Crippen LogP contribution in [0.2, 0.25) is 0 Å². The first-order valence-corrected chi connectivity index (χ1v) is 8.00. The van der Waals surface area contributed by atoms with Gasteiger partial charge in [-0.15, -0.1) is 11.8 Å². The van der Waals surface area contributed by atoms with Crippen LogP contribution in [-0.2, 0) is 0 Å². The molecule has 2 nitrogen and oxygen atoms in total. The normalized spacial score (nSPS) is 18.1. The Balaban J connectivity index is 2.09. The number of likely N-dealkylation sites (tertiary alicyclic amines) is 1. The van der Waals surface area contributed by atoms with Crippen LogP contribution < -0.4 is 5.73 Å². The van der Waals surface area contributed by atoms with Crippen molar-refractivity contribution in [2.45, 2.75) is 37.1 Å². The van der Waals surface area contributed by atoms with E-state index in [0.29, 0.717) is 6.04 Å². The summed E-state index contributed by atoms with van der Waals surface area (Å²) >= 11 is 1.90. The summed E-state index contributed by atoms with van der Waals surface area (Å²) in [5.41, 5.74) is 7.21. The van der Waals surface area contributed by atoms with E-state index in [4.69, 9.17) is 5.73 Å². The summed E-state index contributed by atoms with van der Waals surface area (Å²) in [7, 11) is 0. The standard InChI is InChI=1S/C15H24N2S/c1-2-18-14-7-5-13(6-8-14)15(9-10-16)17-11-3-4-12-17/h5-8,15H,2-4,9-12,16H2,1H3. The first-order chi connectivity index (χ1) is 8.85. The topological polar surface area (TPSA) is 29.3 Å². The minimum atomic E-state index is 0.526. The van der Waals surface area contributed by atoms with Gasteiger partial charge in [-0.3, -0.25) is 4.90 Å². The Morgan fingerprint density at radius 1 is 1.22 bits per heavy atom. The molecule has 1 fully saturated rings. The van der Waals surface area contributed by atoms with Crippen molar-refractivity contribution < 1.29 is 0 Å². The molecule has 100 valence electrons. The third kappa shape index (κ3) is 3.50. The number of nitrogens with zero attached hydrogens (tertiary/aromatic N) is 1. The van der Waals surface area contributed by atoms with Gasteiger partial charge in [0.15, 0.2) is 0 Å². The van der Waals surface area contributed by atoms with Gasteiger partial charge in [0.25, 0.3) is 0 Å². The van der Waals surface area contributed by atoms with Crippen molar-refractivity contribution in [3.8, 4) is 0 Å². The fourth-order valence-electron chi connectivity index (χ4n) is 2.72. The zero-order chi connectivity index (χ0) is 12.8. The Kier molecular flexibility index (Phi) is 5.54. The highest BCUT2D eigenvalue weighted by molar-refractivity contribution is 7.99. The Morgan fingerprint density at radius 3 is 2.44 bits per heavy atom. The average Bonchev–Trinajstić information content (AvgIpc) is 2.91. The summed E-state index contributed by atoms with van der Waals surface area (Å²) < 4.78 is 0. The maximum atomic E-state index is 5.78. The molecule has 0 aromatic heterocycles. The zero-order valence-corrected chi connectivity index (χ0v) is 12.1. The van der Waals surface area contributed by atoms with Crippen LogP contribution in [0, 0.1) is 0 Å². The summed E-state index contributed by atoms with van der Waals surface area (Å²) in [4.78, 5) is 3.96. The lowest BCUT2D eigenvalue weighted by Gasteiger charge is -2.27. The monoisotopic (exact) mass is 264 g/mol. The van der Waals surface area contributed by atoms with Gasteiger partial charge >= 0.3 is 0 Å². The van der Waals surface area contributed by atoms with Gasteiger partial charge in [0.1, 0.15) is 0 Å². The van der Waals surface area contributed by atoms with Crippen LogP contribution in [0.15, 0.2) is 29.2 Å². The molecule has 1 aliphatic heterocycles. The fraction of sp³-hybridized carbons (Fsp3) is 0.600. The van der Waals surface area contributed by atoms with Crippen LogP contribution in [0.4, 0.5) is 0 Å². The molecule has 2 rings (SSSR count). The second-order valence-electron chi connectivity index (χ2n) is 4.84. The van der Waals surface area contributed by atoms with Crippen LogP contribution in [0.5, 0.6) is 0 Å². The molecule has 1 saturated heterocycles. The predicted molar refractivity (Wildman–Crippen MR) is 80.1 cm³/mol. The summed E-state index contributed by atoms with van der Waals surface area (Å²) in [5.74, 6) is 1.14. The quantitative estimate of drug-likeness (QED) is 0.800. The van der Waals surface area contributed by atoms with Gasteiger partial charge in [0.2, 0.25) is 0 Å². The zero-order valence-electron chi connectivity index (χ0n) is 11.3. The summed E-state index contributed by atoms with van der Waals surface area (Å²) in [6, 6.07) is 9.61. The van der Waals surface area contributed by atoms with E-state index >= 15 is 0 Å². The average molecular weight is 264 g/mol. The van der Waals surface area contributed by atoms with Crippen molar-refractivity contribution in [2.24, 2.45) is 5.73 Å². The number of thioether (sulfide) groups is 1. The van der Waals surface area contributed by atoms with Crippen LogP contribution in [0.3, 0.4) is 0 Å². The molecular weight excluding hydrogens is 240 g/mol. The van der Waals surface area contributed by atoms with Crippen molar-refractivity contribution in [3.05, 3.63) is 29.8 Å². The van der Waals surface area contributed by atoms with Crippen LogP contribution in [-0.4, -0.2) is 30.3 Å². The van der Waals surface area contributed by atoms with Crippen molar-refractivity contribution in [1.29, 1.82) is 0 Å². The van der Waals surface area contributed by atoms with E-state index in [9.17, 15) is 0 Å². The van der Waals surface area contributed by atoms with Gasteiger partial charge in [-0.25, -0.2) is 0 Å². The number of rotatable bonds is 6. The van der Waals surface area contributed by atoms with Crippen molar-refractivity contribution in [1.82, 2.24) is 4.90 Å². The second-order valence-corrected chi connectivity index (χ2v) is 6.18. The van der Waals surface area contributed by atoms with Crippen molar-refractivity contribution in [3.63, 3.8) is 0 Å². The third-order valence-corrected chi connectivity index (χ3v) is 4.49. The van der Waals surface area contributed by atoms with E-state index in [1.807, 2.05) is 11.8 Å². The molecule has 18 heavy (non-hydrogen) atoms. The number of hydrogen-bond donors (Lipinski definition) is 1. The molecule has 2 N–H and O–H groups in total. The molecule has 3 heteroatoms. The van der Waals surface area contributed by atoms with Gasteiger partial charge in [0.05, 0.1) is 0 Å². The number of nitrogens with two attached hydrogens (primary N) is 1. The Bertz CT molecular complexity index is 344. The Labute approximate surface area is 115 Å². The van der Waals surface area contributed by atoms with Gasteiger partial charge in [0, 0.05) is 10.9 Å². The highest BCUT2D eigenvalue weighted by atomic mass is 32.2. The first-order valence-electron chi connectivity index (χ1n) is 7.02. The van der Waals surface area contributed by atoms with Gasteiger partial charge in [-0.05, 0) is 62.3 Å². The van der Waals surface area contributed by atoms with E-state index in [1.165, 1.54) is 36.4 Å². The van der Waals surface area contributed by atoms with E-state index in [0.717, 1.165) is 18.7 Å². The molecule has 0 radical (unpaired) electrons. The second kappa shape index (κ2) is 7.17. The molecule has 1 heterocycles. The first kappa shape index (κ1) is 13.9. The number of benzene rings is 1. The maximum absolute atomic E-state index is 5.78. The molecule has 1 aromatic rings. The minimum Gasteiger partial charge on any atom is -0.330 e. The Hall–Kier alpha value is -0.510. The van der Waals surface area contributed by atoms with E-state index in [1.54, 1.807) is 0 Å². The molecule has 1 aliphatic rings. The largest absolute Gasteiger partial charge is 0.330 e. The fourth-order valence-corrected chi connectivity index (χ4v) is 3.39. The molecule has 1 aromatic carbocycles. The van der Waals surface area contributed by atoms with Crippen molar-refractivity contribution >= 4 is 11.8 Å². The molecule has 0 spiro atoms. The lowest BCUT2D eigenvalue weighted by atomic mass is 10.0. The predicted octanol–water partition coefficient (Wildman–Crippen LogP) is 3.28. The van der Waals surface area contributed by atoms with Crippen molar-refractivity contribution in [2.75, 3.05) is 25.4 Å². The van der Waals surface area contributed by atoms with Crippen LogP contribution in [0.1, 0.15) is 37.8 Å². The molecule has 0 bridgehead atoms. The SMILES string of the molecule is CCSc1ccc(C(CCN)N2CCCC2)cc1. The maximum Gasteiger partial charge on any atom is 0.0360 e. The molecule has 1 unspecified atom stereocenters. The highest BCUT2D eigenvalue weighted by Crippen LogP contribution is 2.29. The van der Waals surface area contributed by atoms with E-state index in [-0.39, 0.29) is 0 Å². The van der Waals surface area contributed by atoms with E-state index < -0.39 is 0 Å².